The Bertz CT molecular complexity index is 1870. The molecule has 0 aromatic carbocycles. The number of unbranched alkanes of at least 4 members (excludes halogenated alkanes) is 43. The minimum atomic E-state index is -4.96. The summed E-state index contributed by atoms with van der Waals surface area (Å²) in [5.41, 5.74) is 0. The lowest BCUT2D eigenvalue weighted by Crippen LogP contribution is -2.30. The fourth-order valence-corrected chi connectivity index (χ4v) is 13.4. The van der Waals surface area contributed by atoms with E-state index in [9.17, 15) is 43.2 Å². The summed E-state index contributed by atoms with van der Waals surface area (Å²) in [5.74, 6) is 0.223. The smallest absolute Gasteiger partial charge is 0.462 e. The van der Waals surface area contributed by atoms with Crippen LogP contribution in [0.3, 0.4) is 0 Å². The number of ether oxygens (including phenoxy) is 4. The standard InChI is InChI=1S/C77H150O17P2/c1-8-9-10-11-12-13-30-37-44-51-58-74(79)87-64-72(94-77(82)61-54-47-40-33-26-25-29-36-43-50-57-70(6)7)66-91-95(83,84)89-62-71(78)63-90-96(85,86)92-67-73(65-88-75(80)59-52-45-38-31-23-20-16-18-22-28-35-42-49-56-69(4)5)93-76(81)60-53-46-39-32-24-19-15-14-17-21-27-34-41-48-55-68(2)3/h68-73,78H,8-67H2,1-7H3,(H,83,84)(H,85,86)/t71-,72+,73+/m0/s1. The lowest BCUT2D eigenvalue weighted by molar-refractivity contribution is -0.161. The van der Waals surface area contributed by atoms with E-state index < -0.39 is 97.5 Å². The molecule has 0 saturated heterocycles. The van der Waals surface area contributed by atoms with Gasteiger partial charge in [0.25, 0.3) is 0 Å². The molecule has 17 nitrogen and oxygen atoms in total. The Morgan fingerprint density at radius 2 is 0.479 bits per heavy atom. The maximum atomic E-state index is 13.1. The molecule has 0 bridgehead atoms. The molecule has 0 aliphatic rings. The molecule has 2 unspecified atom stereocenters. The summed E-state index contributed by atoms with van der Waals surface area (Å²) in [4.78, 5) is 72.9. The monoisotopic (exact) mass is 1410 g/mol. The quantitative estimate of drug-likeness (QED) is 0.0222. The zero-order valence-electron chi connectivity index (χ0n) is 62.8. The highest BCUT2D eigenvalue weighted by Crippen LogP contribution is 2.45. The average Bonchev–Trinajstić information content (AvgIpc) is 2.09. The zero-order chi connectivity index (χ0) is 70.9. The molecule has 0 aliphatic carbocycles. The molecule has 0 aromatic rings. The Labute approximate surface area is 588 Å². The average molecular weight is 1410 g/mol. The van der Waals surface area contributed by atoms with Crippen molar-refractivity contribution in [3.05, 3.63) is 0 Å². The summed E-state index contributed by atoms with van der Waals surface area (Å²) < 4.78 is 68.6. The number of aliphatic hydroxyl groups excluding tert-OH is 1. The number of hydrogen-bond donors (Lipinski definition) is 3. The van der Waals surface area contributed by atoms with E-state index in [1.165, 1.54) is 205 Å². The van der Waals surface area contributed by atoms with Gasteiger partial charge in [-0.1, -0.05) is 344 Å². The number of aliphatic hydroxyl groups is 1. The lowest BCUT2D eigenvalue weighted by Gasteiger charge is -2.21. The molecular weight excluding hydrogens is 1260 g/mol. The predicted molar refractivity (Wildman–Crippen MR) is 391 cm³/mol. The Balaban J connectivity index is 5.25. The van der Waals surface area contributed by atoms with Gasteiger partial charge in [0, 0.05) is 25.7 Å². The Hall–Kier alpha value is -1.94. The maximum absolute atomic E-state index is 13.1. The molecule has 19 heteroatoms. The van der Waals surface area contributed by atoms with E-state index >= 15 is 0 Å². The van der Waals surface area contributed by atoms with E-state index in [4.69, 9.17) is 37.0 Å². The number of hydrogen-bond acceptors (Lipinski definition) is 15. The number of carbonyl (C=O) groups excluding carboxylic acids is 4. The van der Waals surface area contributed by atoms with E-state index in [1.54, 1.807) is 0 Å². The van der Waals surface area contributed by atoms with Gasteiger partial charge in [0.15, 0.2) is 12.2 Å². The molecule has 570 valence electrons. The first-order valence-electron chi connectivity index (χ1n) is 39.8. The summed E-state index contributed by atoms with van der Waals surface area (Å²) in [5, 5.41) is 10.6. The second-order valence-electron chi connectivity index (χ2n) is 29.2. The predicted octanol–water partition coefficient (Wildman–Crippen LogP) is 22.6. The molecule has 0 radical (unpaired) electrons. The normalized spacial score (nSPS) is 14.1. The van der Waals surface area contributed by atoms with E-state index in [0.717, 1.165) is 108 Å². The first-order valence-corrected chi connectivity index (χ1v) is 42.8. The van der Waals surface area contributed by atoms with Crippen LogP contribution in [0.5, 0.6) is 0 Å². The third-order valence-corrected chi connectivity index (χ3v) is 19.8. The highest BCUT2D eigenvalue weighted by molar-refractivity contribution is 7.47. The largest absolute Gasteiger partial charge is 0.472 e. The fraction of sp³-hybridized carbons (Fsp3) is 0.948. The third-order valence-electron chi connectivity index (χ3n) is 17.9. The highest BCUT2D eigenvalue weighted by atomic mass is 31.2. The van der Waals surface area contributed by atoms with Crippen LogP contribution in [0.1, 0.15) is 395 Å². The van der Waals surface area contributed by atoms with Crippen LogP contribution in [-0.2, 0) is 65.4 Å². The number of phosphoric ester groups is 2. The number of carbonyl (C=O) groups is 4. The zero-order valence-corrected chi connectivity index (χ0v) is 64.6. The minimum absolute atomic E-state index is 0.106. The molecule has 3 N–H and O–H groups in total. The van der Waals surface area contributed by atoms with Crippen molar-refractivity contribution in [2.45, 2.75) is 414 Å². The van der Waals surface area contributed by atoms with E-state index in [-0.39, 0.29) is 25.7 Å². The van der Waals surface area contributed by atoms with Gasteiger partial charge in [-0.15, -0.1) is 0 Å². The van der Waals surface area contributed by atoms with Crippen molar-refractivity contribution in [3.8, 4) is 0 Å². The summed E-state index contributed by atoms with van der Waals surface area (Å²) in [6.45, 7) is 11.9. The number of rotatable bonds is 75. The van der Waals surface area contributed by atoms with Crippen LogP contribution in [-0.4, -0.2) is 96.7 Å². The van der Waals surface area contributed by atoms with Crippen molar-refractivity contribution in [3.63, 3.8) is 0 Å². The van der Waals surface area contributed by atoms with Gasteiger partial charge >= 0.3 is 39.5 Å². The molecule has 0 rings (SSSR count). The molecule has 0 aromatic heterocycles. The van der Waals surface area contributed by atoms with Gasteiger partial charge in [0.1, 0.15) is 19.3 Å². The van der Waals surface area contributed by atoms with Gasteiger partial charge in [-0.2, -0.15) is 0 Å². The molecule has 0 fully saturated rings. The van der Waals surface area contributed by atoms with Crippen molar-refractivity contribution in [1.82, 2.24) is 0 Å². The number of phosphoric acid groups is 2. The lowest BCUT2D eigenvalue weighted by atomic mass is 10.0. The SMILES string of the molecule is CCCCCCCCCCCCC(=O)OC[C@H](COP(=O)(O)OC[C@H](O)COP(=O)(O)OC[C@@H](COC(=O)CCCCCCCCCCCCCCCC(C)C)OC(=O)CCCCCCCCCCCCCCCCC(C)C)OC(=O)CCCCCCCCCCCCC(C)C. The van der Waals surface area contributed by atoms with Gasteiger partial charge in [-0.05, 0) is 43.4 Å². The maximum Gasteiger partial charge on any atom is 0.472 e. The van der Waals surface area contributed by atoms with Crippen molar-refractivity contribution >= 4 is 39.5 Å². The first-order chi connectivity index (χ1) is 46.2. The summed E-state index contributed by atoms with van der Waals surface area (Å²) >= 11 is 0. The van der Waals surface area contributed by atoms with Crippen LogP contribution < -0.4 is 0 Å². The second-order valence-corrected chi connectivity index (χ2v) is 32.1. The van der Waals surface area contributed by atoms with Crippen molar-refractivity contribution in [2.75, 3.05) is 39.6 Å². The van der Waals surface area contributed by atoms with E-state index in [0.29, 0.717) is 25.7 Å². The third kappa shape index (κ3) is 70.5. The molecule has 96 heavy (non-hydrogen) atoms. The van der Waals surface area contributed by atoms with Crippen LogP contribution in [0.15, 0.2) is 0 Å². The molecule has 0 spiro atoms. The van der Waals surface area contributed by atoms with Gasteiger partial charge in [0.05, 0.1) is 26.4 Å². The number of esters is 4. The van der Waals surface area contributed by atoms with Crippen molar-refractivity contribution in [2.24, 2.45) is 17.8 Å². The van der Waals surface area contributed by atoms with Crippen LogP contribution in [0.2, 0.25) is 0 Å². The molecule has 0 heterocycles. The van der Waals surface area contributed by atoms with E-state index in [2.05, 4.69) is 48.5 Å². The summed E-state index contributed by atoms with van der Waals surface area (Å²) in [6.07, 6.45) is 54.0. The Kier molecular flexibility index (Phi) is 66.2. The summed E-state index contributed by atoms with van der Waals surface area (Å²) in [7, 11) is -9.91. The van der Waals surface area contributed by atoms with Gasteiger partial charge in [-0.3, -0.25) is 37.3 Å². The van der Waals surface area contributed by atoms with Crippen LogP contribution >= 0.6 is 15.6 Å². The van der Waals surface area contributed by atoms with Crippen LogP contribution in [0.25, 0.3) is 0 Å². The van der Waals surface area contributed by atoms with Gasteiger partial charge in [-0.25, -0.2) is 9.13 Å². The van der Waals surface area contributed by atoms with Crippen LogP contribution in [0.4, 0.5) is 0 Å². The molecular formula is C77H150O17P2. The first kappa shape index (κ1) is 94.1. The topological polar surface area (TPSA) is 237 Å². The fourth-order valence-electron chi connectivity index (χ4n) is 11.8. The Morgan fingerprint density at radius 1 is 0.281 bits per heavy atom. The minimum Gasteiger partial charge on any atom is -0.462 e. The molecule has 0 amide bonds. The van der Waals surface area contributed by atoms with Gasteiger partial charge < -0.3 is 33.8 Å². The van der Waals surface area contributed by atoms with Crippen molar-refractivity contribution in [1.29, 1.82) is 0 Å². The van der Waals surface area contributed by atoms with E-state index in [1.807, 2.05) is 0 Å². The van der Waals surface area contributed by atoms with Crippen molar-refractivity contribution < 1.29 is 80.2 Å². The molecule has 5 atom stereocenters. The molecule has 0 saturated carbocycles. The Morgan fingerprint density at radius 3 is 0.708 bits per heavy atom. The molecule has 0 aliphatic heterocycles. The van der Waals surface area contributed by atoms with Gasteiger partial charge in [0.2, 0.25) is 0 Å². The highest BCUT2D eigenvalue weighted by Gasteiger charge is 2.30. The second kappa shape index (κ2) is 67.5. The van der Waals surface area contributed by atoms with Crippen LogP contribution in [0, 0.1) is 17.8 Å². The summed E-state index contributed by atoms with van der Waals surface area (Å²) in [6, 6.07) is 0.